The summed E-state index contributed by atoms with van der Waals surface area (Å²) in [6, 6.07) is 1.86. The highest BCUT2D eigenvalue weighted by Gasteiger charge is 2.32. The van der Waals surface area contributed by atoms with Gasteiger partial charge in [-0.1, -0.05) is 0 Å². The van der Waals surface area contributed by atoms with E-state index in [0.29, 0.717) is 17.5 Å². The number of carbonyl (C=O) groups excluding carboxylic acids is 1. The van der Waals surface area contributed by atoms with Gasteiger partial charge in [-0.2, -0.15) is 18.2 Å². The molecule has 2 aromatic rings. The molecule has 0 radical (unpaired) electrons. The van der Waals surface area contributed by atoms with Crippen LogP contribution in [-0.4, -0.2) is 48.0 Å². The van der Waals surface area contributed by atoms with Gasteiger partial charge < -0.3 is 15.1 Å². The van der Waals surface area contributed by atoms with Crippen LogP contribution < -0.4 is 15.1 Å². The van der Waals surface area contributed by atoms with Crippen molar-refractivity contribution in [2.45, 2.75) is 19.0 Å². The Morgan fingerprint density at radius 1 is 1.15 bits per heavy atom. The van der Waals surface area contributed by atoms with Gasteiger partial charge in [0.25, 0.3) is 5.91 Å². The smallest absolute Gasteiger partial charge is 0.361 e. The van der Waals surface area contributed by atoms with Crippen molar-refractivity contribution in [3.63, 3.8) is 0 Å². The molecule has 10 heteroatoms. The van der Waals surface area contributed by atoms with Crippen LogP contribution in [0.4, 0.5) is 30.6 Å². The van der Waals surface area contributed by atoms with E-state index in [0.717, 1.165) is 44.3 Å². The average Bonchev–Trinajstić information content (AvgIpc) is 3.16. The number of rotatable bonds is 4. The molecule has 0 bridgehead atoms. The van der Waals surface area contributed by atoms with Gasteiger partial charge in [0.1, 0.15) is 11.4 Å². The van der Waals surface area contributed by atoms with Gasteiger partial charge in [0.05, 0.1) is 11.8 Å². The van der Waals surface area contributed by atoms with Crippen LogP contribution in [0.15, 0.2) is 24.5 Å². The summed E-state index contributed by atoms with van der Waals surface area (Å²) in [6.45, 7) is 1.77. The second-order valence-electron chi connectivity index (χ2n) is 6.38. The van der Waals surface area contributed by atoms with Gasteiger partial charge in [-0.05, 0) is 25.0 Å². The fourth-order valence-corrected chi connectivity index (χ4v) is 2.75. The average molecular weight is 380 g/mol. The van der Waals surface area contributed by atoms with Gasteiger partial charge in [-0.25, -0.2) is 4.98 Å². The Morgan fingerprint density at radius 3 is 2.41 bits per heavy atom. The number of alkyl halides is 3. The van der Waals surface area contributed by atoms with Crippen LogP contribution in [0.5, 0.6) is 0 Å². The van der Waals surface area contributed by atoms with E-state index < -0.39 is 17.8 Å². The molecule has 0 unspecified atom stereocenters. The molecular weight excluding hydrogens is 361 g/mol. The first kappa shape index (κ1) is 18.9. The molecular formula is C17H19F3N6O. The topological polar surface area (TPSA) is 74.2 Å². The van der Waals surface area contributed by atoms with Gasteiger partial charge in [-0.15, -0.1) is 0 Å². The second kappa shape index (κ2) is 7.37. The molecule has 1 N–H and O–H groups in total. The number of hydrogen-bond donors (Lipinski definition) is 1. The zero-order valence-electron chi connectivity index (χ0n) is 14.9. The maximum Gasteiger partial charge on any atom is 0.433 e. The molecule has 7 nitrogen and oxygen atoms in total. The molecule has 1 aliphatic rings. The molecule has 1 fully saturated rings. The fraction of sp³-hybridized carbons (Fsp3) is 0.412. The number of anilines is 3. The van der Waals surface area contributed by atoms with Crippen LogP contribution in [0.3, 0.4) is 0 Å². The Bertz CT molecular complexity index is 816. The van der Waals surface area contributed by atoms with Crippen molar-refractivity contribution in [1.29, 1.82) is 0 Å². The van der Waals surface area contributed by atoms with Crippen LogP contribution in [0, 0.1) is 0 Å². The summed E-state index contributed by atoms with van der Waals surface area (Å²) in [5.74, 6) is 0.516. The molecule has 1 aliphatic heterocycles. The Labute approximate surface area is 154 Å². The van der Waals surface area contributed by atoms with Crippen LogP contribution in [-0.2, 0) is 6.18 Å². The van der Waals surface area contributed by atoms with E-state index in [4.69, 9.17) is 0 Å². The van der Waals surface area contributed by atoms with Gasteiger partial charge >= 0.3 is 6.18 Å². The molecule has 0 aromatic carbocycles. The van der Waals surface area contributed by atoms with Crippen molar-refractivity contribution in [3.8, 4) is 0 Å². The maximum atomic E-state index is 12.6. The predicted molar refractivity (Wildman–Crippen MR) is 95.0 cm³/mol. The SMILES string of the molecule is CN(C)c1nc(N2CCCC2)ncc1NC(=O)c1ccc(C(F)(F)F)nc1. The lowest BCUT2D eigenvalue weighted by atomic mass is 10.2. The van der Waals surface area contributed by atoms with Crippen molar-refractivity contribution >= 4 is 23.4 Å². The lowest BCUT2D eigenvalue weighted by molar-refractivity contribution is -0.141. The van der Waals surface area contributed by atoms with Gasteiger partial charge in [-0.3, -0.25) is 9.78 Å². The van der Waals surface area contributed by atoms with Crippen LogP contribution in [0.25, 0.3) is 0 Å². The van der Waals surface area contributed by atoms with Crippen molar-refractivity contribution in [2.75, 3.05) is 42.3 Å². The zero-order chi connectivity index (χ0) is 19.6. The Morgan fingerprint density at radius 2 is 1.85 bits per heavy atom. The van der Waals surface area contributed by atoms with E-state index in [1.807, 2.05) is 0 Å². The predicted octanol–water partition coefficient (Wildman–Crippen LogP) is 2.81. The first-order valence-corrected chi connectivity index (χ1v) is 8.39. The number of nitrogens with one attached hydrogen (secondary N) is 1. The summed E-state index contributed by atoms with van der Waals surface area (Å²) >= 11 is 0. The Kier molecular flexibility index (Phi) is 5.15. The van der Waals surface area contributed by atoms with Gasteiger partial charge in [0.15, 0.2) is 5.82 Å². The number of hydrogen-bond acceptors (Lipinski definition) is 6. The third kappa shape index (κ3) is 4.26. The van der Waals surface area contributed by atoms with Crippen molar-refractivity contribution in [2.24, 2.45) is 0 Å². The molecule has 144 valence electrons. The zero-order valence-corrected chi connectivity index (χ0v) is 14.9. The first-order chi connectivity index (χ1) is 12.8. The molecule has 2 aromatic heterocycles. The number of carbonyl (C=O) groups is 1. The first-order valence-electron chi connectivity index (χ1n) is 8.39. The number of amides is 1. The fourth-order valence-electron chi connectivity index (χ4n) is 2.75. The van der Waals surface area contributed by atoms with Gasteiger partial charge in [0.2, 0.25) is 5.95 Å². The van der Waals surface area contributed by atoms with Crippen LogP contribution in [0.2, 0.25) is 0 Å². The largest absolute Gasteiger partial charge is 0.433 e. The summed E-state index contributed by atoms with van der Waals surface area (Å²) in [4.78, 5) is 28.3. The number of aromatic nitrogens is 3. The molecule has 1 saturated heterocycles. The normalized spacial score (nSPS) is 14.3. The minimum Gasteiger partial charge on any atom is -0.361 e. The minimum absolute atomic E-state index is 0.0105. The van der Waals surface area contributed by atoms with E-state index >= 15 is 0 Å². The molecule has 0 aliphatic carbocycles. The molecule has 3 rings (SSSR count). The lowest BCUT2D eigenvalue weighted by Crippen LogP contribution is -2.24. The minimum atomic E-state index is -4.55. The van der Waals surface area contributed by atoms with Crippen molar-refractivity contribution in [1.82, 2.24) is 15.0 Å². The van der Waals surface area contributed by atoms with Crippen molar-refractivity contribution < 1.29 is 18.0 Å². The summed E-state index contributed by atoms with van der Waals surface area (Å²) in [7, 11) is 3.57. The highest BCUT2D eigenvalue weighted by molar-refractivity contribution is 6.05. The molecule has 0 spiro atoms. The van der Waals surface area contributed by atoms with Crippen LogP contribution in [0.1, 0.15) is 28.9 Å². The quantitative estimate of drug-likeness (QED) is 0.879. The van der Waals surface area contributed by atoms with E-state index in [9.17, 15) is 18.0 Å². The third-order valence-corrected chi connectivity index (χ3v) is 4.13. The molecule has 27 heavy (non-hydrogen) atoms. The molecule has 0 atom stereocenters. The molecule has 3 heterocycles. The summed E-state index contributed by atoms with van der Waals surface area (Å²) in [5.41, 5.74) is -0.671. The summed E-state index contributed by atoms with van der Waals surface area (Å²) in [6.07, 6.45) is 0.0187. The van der Waals surface area contributed by atoms with E-state index in [-0.39, 0.29) is 5.56 Å². The second-order valence-corrected chi connectivity index (χ2v) is 6.38. The monoisotopic (exact) mass is 380 g/mol. The van der Waals surface area contributed by atoms with Crippen molar-refractivity contribution in [3.05, 3.63) is 35.8 Å². The number of pyridine rings is 1. The lowest BCUT2D eigenvalue weighted by Gasteiger charge is -2.21. The van der Waals surface area contributed by atoms with E-state index in [2.05, 4.69) is 25.2 Å². The van der Waals surface area contributed by atoms with E-state index in [1.54, 1.807) is 19.0 Å². The molecule has 0 saturated carbocycles. The Hall–Kier alpha value is -2.91. The maximum absolute atomic E-state index is 12.6. The molecule has 1 amide bonds. The summed E-state index contributed by atoms with van der Waals surface area (Å²) < 4.78 is 37.8. The standard InChI is InChI=1S/C17H19F3N6O/c1-25(2)14-12(10-22-16(24-14)26-7-3-4-8-26)23-15(27)11-5-6-13(21-9-11)17(18,19)20/h5-6,9-10H,3-4,7-8H2,1-2H3,(H,23,27). The highest BCUT2D eigenvalue weighted by Crippen LogP contribution is 2.28. The highest BCUT2D eigenvalue weighted by atomic mass is 19.4. The number of nitrogens with zero attached hydrogens (tertiary/aromatic N) is 5. The van der Waals surface area contributed by atoms with Gasteiger partial charge in [0, 0.05) is 33.4 Å². The number of halogens is 3. The third-order valence-electron chi connectivity index (χ3n) is 4.13. The summed E-state index contributed by atoms with van der Waals surface area (Å²) in [5, 5.41) is 2.64. The van der Waals surface area contributed by atoms with Crippen LogP contribution >= 0.6 is 0 Å². The van der Waals surface area contributed by atoms with E-state index in [1.165, 1.54) is 6.20 Å². The Balaban J connectivity index is 1.80.